The van der Waals surface area contributed by atoms with Crippen LogP contribution >= 0.6 is 11.6 Å². The van der Waals surface area contributed by atoms with E-state index in [0.29, 0.717) is 16.1 Å². The molecule has 0 fully saturated rings. The van der Waals surface area contributed by atoms with E-state index < -0.39 is 10.8 Å². The Bertz CT molecular complexity index is 720. The van der Waals surface area contributed by atoms with Crippen LogP contribution in [0, 0.1) is 11.3 Å². The second-order valence-electron chi connectivity index (χ2n) is 4.43. The fourth-order valence-corrected chi connectivity index (χ4v) is 3.24. The van der Waals surface area contributed by atoms with E-state index >= 15 is 0 Å². The van der Waals surface area contributed by atoms with Gasteiger partial charge in [0.15, 0.2) is 5.78 Å². The summed E-state index contributed by atoms with van der Waals surface area (Å²) >= 11 is 6.01. The smallest absolute Gasteiger partial charge is 0.175 e. The first-order valence-corrected chi connectivity index (χ1v) is 8.08. The Morgan fingerprint density at radius 2 is 1.81 bits per heavy atom. The summed E-state index contributed by atoms with van der Waals surface area (Å²) in [6.07, 6.45) is 0. The first-order valence-electron chi connectivity index (χ1n) is 6.22. The van der Waals surface area contributed by atoms with Gasteiger partial charge in [-0.2, -0.15) is 5.26 Å². The van der Waals surface area contributed by atoms with Gasteiger partial charge in [0.1, 0.15) is 0 Å². The fraction of sp³-hybridized carbons (Fsp3) is 0.125. The number of benzene rings is 2. The lowest BCUT2D eigenvalue weighted by molar-refractivity contribution is 0.102. The van der Waals surface area contributed by atoms with Gasteiger partial charge in [-0.3, -0.25) is 9.00 Å². The molecular formula is C16H12ClNO2S. The first kappa shape index (κ1) is 15.4. The van der Waals surface area contributed by atoms with Crippen LogP contribution in [0.1, 0.15) is 21.5 Å². The van der Waals surface area contributed by atoms with Crippen molar-refractivity contribution < 1.29 is 9.00 Å². The number of carbonyl (C=O) groups is 1. The number of ketones is 1. The highest BCUT2D eigenvalue weighted by Crippen LogP contribution is 2.17. The number of Topliss-reactive ketones (excluding diaryl/α,β-unsaturated/α-hetero) is 1. The van der Waals surface area contributed by atoms with E-state index in [1.807, 2.05) is 12.1 Å². The minimum Gasteiger partial charge on any atom is -0.293 e. The third kappa shape index (κ3) is 4.25. The van der Waals surface area contributed by atoms with Crippen molar-refractivity contribution in [2.75, 3.05) is 5.75 Å². The summed E-state index contributed by atoms with van der Waals surface area (Å²) in [6.45, 7) is 0. The molecule has 2 aromatic rings. The zero-order valence-corrected chi connectivity index (χ0v) is 12.7. The van der Waals surface area contributed by atoms with E-state index in [9.17, 15) is 9.00 Å². The SMILES string of the molecule is N#Cc1ccc(C(=O)CS(=O)Cc2ccccc2Cl)cc1. The van der Waals surface area contributed by atoms with Gasteiger partial charge in [-0.15, -0.1) is 0 Å². The average molecular weight is 318 g/mol. The molecule has 21 heavy (non-hydrogen) atoms. The Morgan fingerprint density at radius 1 is 1.14 bits per heavy atom. The van der Waals surface area contributed by atoms with Crippen LogP contribution in [0.5, 0.6) is 0 Å². The van der Waals surface area contributed by atoms with E-state index in [2.05, 4.69) is 0 Å². The summed E-state index contributed by atoms with van der Waals surface area (Å²) in [6, 6.07) is 15.4. The predicted molar refractivity (Wildman–Crippen MR) is 83.7 cm³/mol. The highest BCUT2D eigenvalue weighted by Gasteiger charge is 2.12. The molecule has 0 aliphatic heterocycles. The number of nitriles is 1. The van der Waals surface area contributed by atoms with Crippen molar-refractivity contribution in [1.29, 1.82) is 5.26 Å². The van der Waals surface area contributed by atoms with Crippen molar-refractivity contribution in [3.05, 3.63) is 70.2 Å². The summed E-state index contributed by atoms with van der Waals surface area (Å²) in [5, 5.41) is 9.26. The molecule has 1 unspecified atom stereocenters. The number of hydrogen-bond donors (Lipinski definition) is 0. The maximum atomic E-state index is 12.1. The van der Waals surface area contributed by atoms with E-state index in [1.165, 1.54) is 0 Å². The van der Waals surface area contributed by atoms with Crippen molar-refractivity contribution in [1.82, 2.24) is 0 Å². The number of hydrogen-bond acceptors (Lipinski definition) is 3. The van der Waals surface area contributed by atoms with Crippen LogP contribution in [0.3, 0.4) is 0 Å². The molecule has 0 aromatic heterocycles. The Kier molecular flexibility index (Phi) is 5.26. The monoisotopic (exact) mass is 317 g/mol. The van der Waals surface area contributed by atoms with E-state index in [-0.39, 0.29) is 17.3 Å². The van der Waals surface area contributed by atoms with Crippen LogP contribution in [0.25, 0.3) is 0 Å². The Balaban J connectivity index is 2.00. The molecule has 2 rings (SSSR count). The lowest BCUT2D eigenvalue weighted by atomic mass is 10.1. The topological polar surface area (TPSA) is 57.9 Å². The molecular weight excluding hydrogens is 306 g/mol. The van der Waals surface area contributed by atoms with Gasteiger partial charge in [0.05, 0.1) is 23.1 Å². The molecule has 106 valence electrons. The summed E-state index contributed by atoms with van der Waals surface area (Å²) < 4.78 is 12.1. The molecule has 0 N–H and O–H groups in total. The molecule has 0 aliphatic rings. The maximum absolute atomic E-state index is 12.1. The van der Waals surface area contributed by atoms with E-state index in [4.69, 9.17) is 16.9 Å². The molecule has 0 aliphatic carbocycles. The first-order chi connectivity index (χ1) is 10.1. The third-order valence-corrected chi connectivity index (χ3v) is 4.49. The molecule has 5 heteroatoms. The van der Waals surface area contributed by atoms with Crippen LogP contribution in [-0.2, 0) is 16.6 Å². The van der Waals surface area contributed by atoms with Crippen molar-refractivity contribution in [2.45, 2.75) is 5.75 Å². The van der Waals surface area contributed by atoms with Gasteiger partial charge in [0.2, 0.25) is 0 Å². The zero-order chi connectivity index (χ0) is 15.2. The largest absolute Gasteiger partial charge is 0.293 e. The maximum Gasteiger partial charge on any atom is 0.175 e. The second-order valence-corrected chi connectivity index (χ2v) is 6.30. The molecule has 0 spiro atoms. The van der Waals surface area contributed by atoms with Crippen LogP contribution in [0.4, 0.5) is 0 Å². The van der Waals surface area contributed by atoms with Gasteiger partial charge in [-0.1, -0.05) is 41.9 Å². The minimum absolute atomic E-state index is 0.0584. The molecule has 0 saturated carbocycles. The molecule has 3 nitrogen and oxygen atoms in total. The summed E-state index contributed by atoms with van der Waals surface area (Å²) in [7, 11) is -1.32. The summed E-state index contributed by atoms with van der Waals surface area (Å²) in [4.78, 5) is 12.0. The number of rotatable bonds is 5. The molecule has 0 bridgehead atoms. The normalized spacial score (nSPS) is 11.6. The van der Waals surface area contributed by atoms with Crippen molar-refractivity contribution >= 4 is 28.2 Å². The quantitative estimate of drug-likeness (QED) is 0.795. The molecule has 0 saturated heterocycles. The molecule has 0 radical (unpaired) electrons. The van der Waals surface area contributed by atoms with Crippen molar-refractivity contribution in [3.63, 3.8) is 0 Å². The highest BCUT2D eigenvalue weighted by molar-refractivity contribution is 7.85. The van der Waals surface area contributed by atoms with Crippen molar-refractivity contribution in [3.8, 4) is 6.07 Å². The summed E-state index contributed by atoms with van der Waals surface area (Å²) in [5.74, 6) is -0.0105. The minimum atomic E-state index is -1.32. The summed E-state index contributed by atoms with van der Waals surface area (Å²) in [5.41, 5.74) is 1.72. The van der Waals surface area contributed by atoms with E-state index in [1.54, 1.807) is 42.5 Å². The number of halogens is 1. The molecule has 1 atom stereocenters. The third-order valence-electron chi connectivity index (χ3n) is 2.90. The Morgan fingerprint density at radius 3 is 2.43 bits per heavy atom. The highest BCUT2D eigenvalue weighted by atomic mass is 35.5. The molecule has 2 aromatic carbocycles. The van der Waals surface area contributed by atoms with Gasteiger partial charge in [-0.25, -0.2) is 0 Å². The lowest BCUT2D eigenvalue weighted by Crippen LogP contribution is -2.12. The van der Waals surface area contributed by atoms with Gasteiger partial charge >= 0.3 is 0 Å². The van der Waals surface area contributed by atoms with Gasteiger partial charge in [0, 0.05) is 21.4 Å². The van der Waals surface area contributed by atoms with E-state index in [0.717, 1.165) is 5.56 Å². The van der Waals surface area contributed by atoms with Gasteiger partial charge in [-0.05, 0) is 23.8 Å². The average Bonchev–Trinajstić information content (AvgIpc) is 2.49. The molecule has 0 amide bonds. The van der Waals surface area contributed by atoms with Crippen LogP contribution in [-0.4, -0.2) is 15.7 Å². The second kappa shape index (κ2) is 7.16. The standard InChI is InChI=1S/C16H12ClNO2S/c17-15-4-2-1-3-14(15)10-21(20)11-16(19)13-7-5-12(9-18)6-8-13/h1-8H,10-11H2. The van der Waals surface area contributed by atoms with Crippen LogP contribution < -0.4 is 0 Å². The van der Waals surface area contributed by atoms with Crippen molar-refractivity contribution in [2.24, 2.45) is 0 Å². The zero-order valence-electron chi connectivity index (χ0n) is 11.1. The fourth-order valence-electron chi connectivity index (χ4n) is 1.80. The van der Waals surface area contributed by atoms with Crippen LogP contribution in [0.15, 0.2) is 48.5 Å². The number of carbonyl (C=O) groups excluding carboxylic acids is 1. The van der Waals surface area contributed by atoms with Crippen LogP contribution in [0.2, 0.25) is 5.02 Å². The Labute approximate surface area is 130 Å². The molecule has 0 heterocycles. The van der Waals surface area contributed by atoms with Gasteiger partial charge < -0.3 is 0 Å². The van der Waals surface area contributed by atoms with Gasteiger partial charge in [0.25, 0.3) is 0 Å². The Hall–Kier alpha value is -1.96. The predicted octanol–water partition coefficient (Wildman–Crippen LogP) is 3.34. The lowest BCUT2D eigenvalue weighted by Gasteiger charge is -2.04. The number of nitrogens with zero attached hydrogens (tertiary/aromatic N) is 1.